The number of aromatic hydroxyl groups is 3. The molecule has 0 bridgehead atoms. The van der Waals surface area contributed by atoms with E-state index in [0.717, 1.165) is 18.2 Å². The lowest BCUT2D eigenvalue weighted by Gasteiger charge is -2.39. The Hall–Kier alpha value is -3.64. The van der Waals surface area contributed by atoms with Crippen molar-refractivity contribution >= 4 is 21.4 Å². The van der Waals surface area contributed by atoms with Crippen LogP contribution >= 0.6 is 0 Å². The number of ether oxygens (including phenoxy) is 2. The zero-order valence-corrected chi connectivity index (χ0v) is 19.1. The molecule has 0 unspecified atom stereocenters. The summed E-state index contributed by atoms with van der Waals surface area (Å²) in [6.45, 7) is -0.818. The van der Waals surface area contributed by atoms with E-state index in [2.05, 4.69) is 4.18 Å². The van der Waals surface area contributed by atoms with Crippen molar-refractivity contribution in [2.75, 3.05) is 6.61 Å². The predicted octanol–water partition coefficient (Wildman–Crippen LogP) is -1.06. The maximum absolute atomic E-state index is 13.5. The van der Waals surface area contributed by atoms with Crippen molar-refractivity contribution < 1.29 is 66.8 Å². The lowest BCUT2D eigenvalue weighted by molar-refractivity contribution is -0.277. The largest absolute Gasteiger partial charge is 0.508 e. The van der Waals surface area contributed by atoms with Gasteiger partial charge in [-0.15, -0.1) is 0 Å². The van der Waals surface area contributed by atoms with Gasteiger partial charge in [0.2, 0.25) is 17.5 Å². The van der Waals surface area contributed by atoms with E-state index in [1.165, 1.54) is 6.07 Å². The van der Waals surface area contributed by atoms with Crippen molar-refractivity contribution in [3.05, 3.63) is 40.6 Å². The lowest BCUT2D eigenvalue weighted by atomic mass is 9.99. The van der Waals surface area contributed by atoms with Crippen molar-refractivity contribution in [3.8, 4) is 40.1 Å². The van der Waals surface area contributed by atoms with Crippen molar-refractivity contribution in [1.29, 1.82) is 0 Å². The van der Waals surface area contributed by atoms with Gasteiger partial charge in [0.05, 0.1) is 6.61 Å². The second-order valence-electron chi connectivity index (χ2n) is 7.94. The molecule has 0 aliphatic carbocycles. The van der Waals surface area contributed by atoms with Gasteiger partial charge >= 0.3 is 10.4 Å². The molecule has 4 rings (SSSR count). The number of phenols is 3. The zero-order valence-electron chi connectivity index (χ0n) is 18.3. The number of phenolic OH excluding ortho intramolecular Hbond substituents is 3. The maximum atomic E-state index is 13.5. The van der Waals surface area contributed by atoms with Crippen molar-refractivity contribution in [2.24, 2.45) is 0 Å². The van der Waals surface area contributed by atoms with Crippen LogP contribution < -0.4 is 14.3 Å². The minimum Gasteiger partial charge on any atom is -0.508 e. The molecule has 0 saturated carbocycles. The van der Waals surface area contributed by atoms with Crippen LogP contribution in [0, 0.1) is 0 Å². The number of fused-ring (bicyclic) bond motifs is 1. The quantitative estimate of drug-likeness (QED) is 0.136. The van der Waals surface area contributed by atoms with Gasteiger partial charge < -0.3 is 53.8 Å². The summed E-state index contributed by atoms with van der Waals surface area (Å²) in [5.74, 6) is -4.00. The second kappa shape index (κ2) is 9.67. The molecule has 1 fully saturated rings. The molecule has 5 atom stereocenters. The van der Waals surface area contributed by atoms with Crippen LogP contribution in [-0.2, 0) is 15.1 Å². The molecule has 16 heteroatoms. The Kier molecular flexibility index (Phi) is 6.91. The van der Waals surface area contributed by atoms with Crippen LogP contribution in [0.3, 0.4) is 0 Å². The van der Waals surface area contributed by atoms with E-state index in [1.807, 2.05) is 0 Å². The van der Waals surface area contributed by atoms with Crippen LogP contribution in [0.2, 0.25) is 0 Å². The fraction of sp³-hybridized carbons (Fsp3) is 0.286. The Morgan fingerprint density at radius 2 is 1.65 bits per heavy atom. The first-order valence-electron chi connectivity index (χ1n) is 10.3. The Labute approximate surface area is 206 Å². The highest BCUT2D eigenvalue weighted by Gasteiger charge is 2.45. The smallest absolute Gasteiger partial charge is 0.446 e. The second-order valence-corrected chi connectivity index (χ2v) is 8.96. The van der Waals surface area contributed by atoms with E-state index in [0.29, 0.717) is 6.07 Å². The topological polar surface area (TPSA) is 254 Å². The molecule has 200 valence electrons. The van der Waals surface area contributed by atoms with Gasteiger partial charge in [-0.05, 0) is 18.2 Å². The molecule has 1 aliphatic rings. The summed E-state index contributed by atoms with van der Waals surface area (Å²) in [6.07, 6.45) is -8.93. The molecular formula is C21H20O15S. The Balaban J connectivity index is 1.97. The van der Waals surface area contributed by atoms with Gasteiger partial charge in [0.1, 0.15) is 41.1 Å². The van der Waals surface area contributed by atoms with Crippen LogP contribution in [0.4, 0.5) is 0 Å². The first-order chi connectivity index (χ1) is 17.3. The van der Waals surface area contributed by atoms with Gasteiger partial charge in [-0.3, -0.25) is 9.35 Å². The van der Waals surface area contributed by atoms with Gasteiger partial charge in [-0.25, -0.2) is 0 Å². The summed E-state index contributed by atoms with van der Waals surface area (Å²) < 4.78 is 52.5. The molecule has 37 heavy (non-hydrogen) atoms. The van der Waals surface area contributed by atoms with E-state index in [4.69, 9.17) is 18.4 Å². The molecule has 2 heterocycles. The highest BCUT2D eigenvalue weighted by Crippen LogP contribution is 2.39. The van der Waals surface area contributed by atoms with Crippen molar-refractivity contribution in [2.45, 2.75) is 30.7 Å². The average Bonchev–Trinajstić information content (AvgIpc) is 2.81. The molecule has 8 N–H and O–H groups in total. The van der Waals surface area contributed by atoms with E-state index < -0.39 is 98.6 Å². The number of hydrogen-bond donors (Lipinski definition) is 8. The minimum absolute atomic E-state index is 0.102. The molecule has 3 aromatic rings. The normalized spacial score (nSPS) is 24.2. The van der Waals surface area contributed by atoms with E-state index in [9.17, 15) is 49.0 Å². The summed E-state index contributed by atoms with van der Waals surface area (Å²) in [7, 11) is -5.19. The summed E-state index contributed by atoms with van der Waals surface area (Å²) in [5, 5.41) is 68.7. The van der Waals surface area contributed by atoms with Crippen LogP contribution in [0.15, 0.2) is 39.5 Å². The number of rotatable bonds is 6. The molecule has 15 nitrogen and oxygen atoms in total. The monoisotopic (exact) mass is 544 g/mol. The summed E-state index contributed by atoms with van der Waals surface area (Å²) in [4.78, 5) is 13.5. The SMILES string of the molecule is O=c1c(O[C@@H]2O[C@H](CO)[C@@H](O)[C@H](O)[C@H]2O)c(-c2ccc(O)c(O)c2)oc2cc(O)cc(OS(=O)(=O)O)c12. The molecule has 1 aliphatic heterocycles. The maximum Gasteiger partial charge on any atom is 0.446 e. The van der Waals surface area contributed by atoms with Gasteiger partial charge in [0, 0.05) is 17.7 Å². The van der Waals surface area contributed by atoms with E-state index in [-0.39, 0.29) is 5.56 Å². The number of hydrogen-bond acceptors (Lipinski definition) is 14. The van der Waals surface area contributed by atoms with Crippen LogP contribution in [0.25, 0.3) is 22.3 Å². The Bertz CT molecular complexity index is 1500. The molecule has 1 aromatic heterocycles. The first-order valence-corrected chi connectivity index (χ1v) is 11.7. The Morgan fingerprint density at radius 1 is 0.946 bits per heavy atom. The highest BCUT2D eigenvalue weighted by molar-refractivity contribution is 7.81. The zero-order chi connectivity index (χ0) is 27.2. The predicted molar refractivity (Wildman–Crippen MR) is 119 cm³/mol. The molecule has 0 radical (unpaired) electrons. The molecule has 0 amide bonds. The fourth-order valence-corrected chi connectivity index (χ4v) is 4.03. The van der Waals surface area contributed by atoms with Gasteiger partial charge in [-0.2, -0.15) is 8.42 Å². The number of aliphatic hydroxyl groups is 4. The highest BCUT2D eigenvalue weighted by atomic mass is 32.3. The third-order valence-electron chi connectivity index (χ3n) is 5.42. The van der Waals surface area contributed by atoms with Crippen molar-refractivity contribution in [1.82, 2.24) is 0 Å². The standard InChI is InChI=1S/C21H20O15S/c22-6-13-15(26)17(28)18(29)21(34-13)35-20-16(27)14-11(4-8(23)5-12(14)36-37(30,31)32)33-19(20)7-1-2-9(24)10(25)3-7/h1-5,13,15,17-18,21-26,28-29H,6H2,(H,30,31,32)/t13-,15-,17+,18-,21+/m1/s1. The third kappa shape index (κ3) is 5.12. The minimum atomic E-state index is -5.19. The number of aliphatic hydroxyl groups excluding tert-OH is 4. The lowest BCUT2D eigenvalue weighted by Crippen LogP contribution is -2.60. The van der Waals surface area contributed by atoms with Gasteiger partial charge in [0.15, 0.2) is 23.0 Å². The van der Waals surface area contributed by atoms with Gasteiger partial charge in [0.25, 0.3) is 0 Å². The first kappa shape index (κ1) is 26.4. The van der Waals surface area contributed by atoms with E-state index >= 15 is 0 Å². The van der Waals surface area contributed by atoms with Crippen LogP contribution in [-0.4, -0.2) is 86.0 Å². The summed E-state index contributed by atoms with van der Waals surface area (Å²) >= 11 is 0. The third-order valence-corrected chi connectivity index (χ3v) is 5.81. The van der Waals surface area contributed by atoms with Crippen LogP contribution in [0.1, 0.15) is 0 Å². The molecule has 0 spiro atoms. The van der Waals surface area contributed by atoms with Crippen LogP contribution in [0.5, 0.6) is 28.7 Å². The van der Waals surface area contributed by atoms with E-state index in [1.54, 1.807) is 0 Å². The summed E-state index contributed by atoms with van der Waals surface area (Å²) in [5.41, 5.74) is -1.78. The molecule has 1 saturated heterocycles. The van der Waals surface area contributed by atoms with Gasteiger partial charge in [-0.1, -0.05) is 0 Å². The van der Waals surface area contributed by atoms with Crippen molar-refractivity contribution in [3.63, 3.8) is 0 Å². The Morgan fingerprint density at radius 3 is 2.27 bits per heavy atom. The fourth-order valence-electron chi connectivity index (χ4n) is 3.68. The summed E-state index contributed by atoms with van der Waals surface area (Å²) in [6, 6.07) is 4.74. The average molecular weight is 544 g/mol. The molecule has 2 aromatic carbocycles. The molecular weight excluding hydrogens is 524 g/mol. The number of benzene rings is 2.